The number of carboxylic acid groups (broad SMARTS) is 3. The van der Waals surface area contributed by atoms with Crippen LogP contribution < -0.4 is 5.11 Å². The first kappa shape index (κ1) is 36.1. The van der Waals surface area contributed by atoms with Crippen molar-refractivity contribution >= 4 is 17.9 Å². The van der Waals surface area contributed by atoms with E-state index in [4.69, 9.17) is 0 Å². The number of allylic oxidation sites excluding steroid dienone is 2. The van der Waals surface area contributed by atoms with E-state index in [0.717, 1.165) is 32.2 Å². The molecule has 0 aromatic heterocycles. The van der Waals surface area contributed by atoms with Gasteiger partial charge in [0.05, 0.1) is 38.0 Å². The summed E-state index contributed by atoms with van der Waals surface area (Å²) in [6, 6.07) is 0. The molecule has 0 bridgehead atoms. The van der Waals surface area contributed by atoms with Crippen molar-refractivity contribution < 1.29 is 34.2 Å². The molecule has 0 amide bonds. The van der Waals surface area contributed by atoms with Gasteiger partial charge in [-0.05, 0) is 32.1 Å². The van der Waals surface area contributed by atoms with Crippen molar-refractivity contribution in [1.29, 1.82) is 0 Å². The molecule has 2 N–H and O–H groups in total. The second-order valence-electron chi connectivity index (χ2n) is 11.5. The summed E-state index contributed by atoms with van der Waals surface area (Å²) in [6.07, 6.45) is 20.6. The van der Waals surface area contributed by atoms with E-state index in [9.17, 15) is 29.7 Å². The second-order valence-corrected chi connectivity index (χ2v) is 11.5. The maximum absolute atomic E-state index is 11.4. The van der Waals surface area contributed by atoms with Gasteiger partial charge >= 0.3 is 11.9 Å². The first-order valence-electron chi connectivity index (χ1n) is 15.2. The van der Waals surface area contributed by atoms with Crippen molar-refractivity contribution in [2.45, 2.75) is 124 Å². The molecule has 0 rings (SSSR count). The highest BCUT2D eigenvalue weighted by atomic mass is 16.4. The highest BCUT2D eigenvalue weighted by Gasteiger charge is 2.30. The van der Waals surface area contributed by atoms with Crippen LogP contribution in [0.2, 0.25) is 0 Å². The number of hydrogen-bond donors (Lipinski definition) is 2. The topological polar surface area (TPSA) is 115 Å². The fourth-order valence-corrected chi connectivity index (χ4v) is 4.78. The zero-order chi connectivity index (χ0) is 28.8. The van der Waals surface area contributed by atoms with Crippen molar-refractivity contribution in [2.24, 2.45) is 17.8 Å². The lowest BCUT2D eigenvalue weighted by Crippen LogP contribution is -2.52. The Balaban J connectivity index is 4.85. The lowest BCUT2D eigenvalue weighted by molar-refractivity contribution is -0.929. The van der Waals surface area contributed by atoms with Gasteiger partial charge in [-0.2, -0.15) is 0 Å². The fraction of sp³-hybridized carbons (Fsp3) is 0.839. The van der Waals surface area contributed by atoms with E-state index >= 15 is 0 Å². The molecule has 3 atom stereocenters. The van der Waals surface area contributed by atoms with Gasteiger partial charge in [-0.3, -0.25) is 9.59 Å². The van der Waals surface area contributed by atoms with Gasteiger partial charge in [-0.15, -0.1) is 0 Å². The molecule has 0 aliphatic rings. The highest BCUT2D eigenvalue weighted by Crippen LogP contribution is 2.21. The number of carbonyl (C=O) groups excluding carboxylic acids is 1. The third-order valence-electron chi connectivity index (χ3n) is 8.00. The van der Waals surface area contributed by atoms with Gasteiger partial charge < -0.3 is 24.6 Å². The molecule has 0 aromatic rings. The number of quaternary nitrogens is 1. The van der Waals surface area contributed by atoms with E-state index in [1.807, 2.05) is 0 Å². The Morgan fingerprint density at radius 3 is 1.45 bits per heavy atom. The molecular weight excluding hydrogens is 482 g/mol. The minimum atomic E-state index is -1.08. The number of rotatable bonds is 26. The van der Waals surface area contributed by atoms with Gasteiger partial charge in [0.1, 0.15) is 0 Å². The molecule has 7 heteroatoms. The molecule has 0 saturated heterocycles. The highest BCUT2D eigenvalue weighted by molar-refractivity contribution is 5.69. The van der Waals surface area contributed by atoms with Crippen molar-refractivity contribution in [1.82, 2.24) is 0 Å². The summed E-state index contributed by atoms with van der Waals surface area (Å²) in [4.78, 5) is 34.2. The van der Waals surface area contributed by atoms with Crippen molar-refractivity contribution in [3.8, 4) is 0 Å². The first-order valence-corrected chi connectivity index (χ1v) is 15.2. The number of hydrogen-bond acceptors (Lipinski definition) is 4. The monoisotopic (exact) mass is 539 g/mol. The van der Waals surface area contributed by atoms with E-state index in [1.165, 1.54) is 51.4 Å². The summed E-state index contributed by atoms with van der Waals surface area (Å²) < 4.78 is 0.564. The Bertz CT molecular complexity index is 617. The van der Waals surface area contributed by atoms with Gasteiger partial charge in [-0.1, -0.05) is 84.8 Å². The van der Waals surface area contributed by atoms with E-state index in [1.54, 1.807) is 20.8 Å². The lowest BCUT2D eigenvalue weighted by Gasteiger charge is -2.41. The number of nitrogens with zero attached hydrogens (tertiary/aromatic N) is 1. The minimum Gasteiger partial charge on any atom is -0.550 e. The Hall–Kier alpha value is -1.89. The van der Waals surface area contributed by atoms with Crippen LogP contribution in [0.1, 0.15) is 124 Å². The Kier molecular flexibility index (Phi) is 20.9. The van der Waals surface area contributed by atoms with E-state index in [2.05, 4.69) is 19.1 Å². The molecule has 0 heterocycles. The standard InChI is InChI=1S/C31H57NO6/c1-5-6-7-8-9-10-11-12-13-14-15-16-17-18-22-32(23-19-26(2)29(33)34,24-20-27(3)30(35)36)25-21-28(4)31(37)38/h14-15,26-28H,5-13,16-25H2,1-4H3,(H2-,33,34,35,36,37,38)/b15-14+. The summed E-state index contributed by atoms with van der Waals surface area (Å²) in [5, 5.41) is 30.1. The average Bonchev–Trinajstić information content (AvgIpc) is 2.88. The summed E-state index contributed by atoms with van der Waals surface area (Å²) in [6.45, 7) is 9.86. The van der Waals surface area contributed by atoms with E-state index in [0.29, 0.717) is 43.4 Å². The Morgan fingerprint density at radius 2 is 1.03 bits per heavy atom. The molecule has 0 saturated carbocycles. The molecule has 0 spiro atoms. The zero-order valence-electron chi connectivity index (χ0n) is 24.8. The van der Waals surface area contributed by atoms with Crippen LogP contribution in [0.5, 0.6) is 0 Å². The number of aliphatic carboxylic acids is 3. The summed E-state index contributed by atoms with van der Waals surface area (Å²) in [5.74, 6) is -4.36. The summed E-state index contributed by atoms with van der Waals surface area (Å²) in [5.41, 5.74) is 0. The summed E-state index contributed by atoms with van der Waals surface area (Å²) in [7, 11) is 0. The van der Waals surface area contributed by atoms with Crippen LogP contribution in [0.15, 0.2) is 12.2 Å². The molecule has 0 aromatic carbocycles. The van der Waals surface area contributed by atoms with Gasteiger partial charge in [0.25, 0.3) is 0 Å². The smallest absolute Gasteiger partial charge is 0.306 e. The number of unbranched alkanes of at least 4 members (excludes halogenated alkanes) is 10. The zero-order valence-corrected chi connectivity index (χ0v) is 24.8. The van der Waals surface area contributed by atoms with Crippen molar-refractivity contribution in [3.63, 3.8) is 0 Å². The first-order chi connectivity index (χ1) is 18.0. The molecule has 0 aliphatic heterocycles. The molecule has 3 unspecified atom stereocenters. The predicted molar refractivity (Wildman–Crippen MR) is 152 cm³/mol. The predicted octanol–water partition coefficient (Wildman–Crippen LogP) is 6.06. The average molecular weight is 540 g/mol. The van der Waals surface area contributed by atoms with Crippen LogP contribution >= 0.6 is 0 Å². The van der Waals surface area contributed by atoms with Crippen LogP contribution in [-0.4, -0.2) is 58.8 Å². The second kappa shape index (κ2) is 22.0. The van der Waals surface area contributed by atoms with E-state index in [-0.39, 0.29) is 0 Å². The van der Waals surface area contributed by atoms with Crippen LogP contribution in [0.4, 0.5) is 0 Å². The van der Waals surface area contributed by atoms with Crippen LogP contribution in [0, 0.1) is 17.8 Å². The summed E-state index contributed by atoms with van der Waals surface area (Å²) >= 11 is 0. The van der Waals surface area contributed by atoms with Gasteiger partial charge in [-0.25, -0.2) is 0 Å². The van der Waals surface area contributed by atoms with E-state index < -0.39 is 35.7 Å². The maximum atomic E-state index is 11.4. The van der Waals surface area contributed by atoms with Crippen LogP contribution in [0.25, 0.3) is 0 Å². The Labute approximate surface area is 232 Å². The molecule has 222 valence electrons. The molecule has 0 fully saturated rings. The minimum absolute atomic E-state index is 0.434. The third-order valence-corrected chi connectivity index (χ3v) is 8.00. The molecule has 0 radical (unpaired) electrons. The van der Waals surface area contributed by atoms with Crippen molar-refractivity contribution in [3.05, 3.63) is 12.2 Å². The molecular formula is C31H57NO6. The normalized spacial score (nSPS) is 15.7. The Morgan fingerprint density at radius 1 is 0.632 bits per heavy atom. The third kappa shape index (κ3) is 18.4. The van der Waals surface area contributed by atoms with Crippen LogP contribution in [-0.2, 0) is 14.4 Å². The fourth-order valence-electron chi connectivity index (χ4n) is 4.78. The SMILES string of the molecule is CCCCCCCCCC/C=C/CCCC[N+](CCC(C)C(=O)[O-])(CCC(C)C(=O)O)CCC(C)C(=O)O. The molecule has 7 nitrogen and oxygen atoms in total. The van der Waals surface area contributed by atoms with Gasteiger partial charge in [0.15, 0.2) is 0 Å². The van der Waals surface area contributed by atoms with Gasteiger partial charge in [0, 0.05) is 31.1 Å². The van der Waals surface area contributed by atoms with Crippen LogP contribution in [0.3, 0.4) is 0 Å². The lowest BCUT2D eigenvalue weighted by atomic mass is 10.0. The largest absolute Gasteiger partial charge is 0.550 e. The quantitative estimate of drug-likeness (QED) is 0.0784. The maximum Gasteiger partial charge on any atom is 0.306 e. The van der Waals surface area contributed by atoms with Crippen molar-refractivity contribution in [2.75, 3.05) is 26.2 Å². The molecule has 38 heavy (non-hydrogen) atoms. The molecule has 0 aliphatic carbocycles. The van der Waals surface area contributed by atoms with Gasteiger partial charge in [0.2, 0.25) is 0 Å². The number of carbonyl (C=O) groups is 3. The number of carboxylic acids is 3.